The van der Waals surface area contributed by atoms with Crippen LogP contribution >= 0.6 is 0 Å². The molecule has 7 nitrogen and oxygen atoms in total. The zero-order valence-corrected chi connectivity index (χ0v) is 11.8. The van der Waals surface area contributed by atoms with E-state index in [1.54, 1.807) is 37.6 Å². The number of rotatable bonds is 2. The van der Waals surface area contributed by atoms with Crippen LogP contribution in [-0.2, 0) is 36.0 Å². The van der Waals surface area contributed by atoms with E-state index in [4.69, 9.17) is 5.11 Å². The van der Waals surface area contributed by atoms with Crippen molar-refractivity contribution in [3.05, 3.63) is 27.5 Å². The van der Waals surface area contributed by atoms with E-state index < -0.39 is 5.69 Å². The molecule has 1 N–H and O–H groups in total. The largest absolute Gasteiger partial charge is 1.00 e. The van der Waals surface area contributed by atoms with Gasteiger partial charge in [0.15, 0.2) is 0 Å². The second-order valence-electron chi connectivity index (χ2n) is 4.03. The van der Waals surface area contributed by atoms with E-state index in [1.165, 1.54) is 4.57 Å². The normalized spacial score (nSPS) is 13.6. The molecule has 8 heteroatoms. The van der Waals surface area contributed by atoms with Gasteiger partial charge in [0.1, 0.15) is 11.5 Å². The van der Waals surface area contributed by atoms with Crippen LogP contribution in [-0.4, -0.2) is 34.9 Å². The van der Waals surface area contributed by atoms with Crippen LogP contribution in [0.1, 0.15) is 0 Å². The molecule has 104 valence electrons. The Hall–Kier alpha value is -1.02. The Morgan fingerprint density at radius 2 is 1.78 bits per heavy atom. The summed E-state index contributed by atoms with van der Waals surface area (Å²) in [6, 6.07) is 0. The molecule has 2 heterocycles. The molecule has 0 aliphatic carbocycles. The third-order valence-corrected chi connectivity index (χ3v) is 2.85. The number of hydrogen-bond acceptors (Lipinski definition) is 5. The van der Waals surface area contributed by atoms with Crippen molar-refractivity contribution in [3.63, 3.8) is 0 Å². The summed E-state index contributed by atoms with van der Waals surface area (Å²) < 4.78 is 2.45. The minimum atomic E-state index is -0.418. The fraction of sp³-hybridized carbons (Fsp3) is 0.500. The summed E-state index contributed by atoms with van der Waals surface area (Å²) in [5, 5.41) is 8.89. The predicted molar refractivity (Wildman–Crippen MR) is 64.1 cm³/mol. The van der Waals surface area contributed by atoms with Crippen LogP contribution < -0.4 is 21.0 Å². The van der Waals surface area contributed by atoms with Gasteiger partial charge in [-0.05, 0) is 14.1 Å². The molecular weight excluding hydrogens is 332 g/mol. The molecule has 1 aromatic heterocycles. The van der Waals surface area contributed by atoms with Crippen molar-refractivity contribution >= 4 is 11.5 Å². The summed E-state index contributed by atoms with van der Waals surface area (Å²) in [4.78, 5) is 27.5. The Morgan fingerprint density at radius 1 is 1.17 bits per heavy atom. The van der Waals surface area contributed by atoms with E-state index >= 15 is 0 Å². The van der Waals surface area contributed by atoms with Crippen molar-refractivity contribution in [1.29, 1.82) is 0 Å². The van der Waals surface area contributed by atoms with Gasteiger partial charge in [-0.2, -0.15) is 6.67 Å². The fourth-order valence-electron chi connectivity index (χ4n) is 2.12. The maximum atomic E-state index is 12.1. The number of fused-ring (bicyclic) bond motifs is 1. The standard InChI is InChI=1S/C10H15N4O3.Ag/c1-11-6-12(2)8-7(11)9(16)14(4-5-15)10(17)13(8)3;/h6,15H,4-5H2,1-3H3;/q-1;+1. The molecule has 1 aliphatic heterocycles. The van der Waals surface area contributed by atoms with Gasteiger partial charge in [0.05, 0.1) is 13.2 Å². The average molecular weight is 347 g/mol. The molecule has 0 atom stereocenters. The first-order valence-electron chi connectivity index (χ1n) is 5.24. The molecule has 18 heavy (non-hydrogen) atoms. The van der Waals surface area contributed by atoms with E-state index in [1.807, 2.05) is 0 Å². The molecule has 2 rings (SSSR count). The molecule has 0 saturated carbocycles. The first-order valence-corrected chi connectivity index (χ1v) is 5.24. The Morgan fingerprint density at radius 3 is 2.33 bits per heavy atom. The van der Waals surface area contributed by atoms with Crippen LogP contribution in [0.3, 0.4) is 0 Å². The zero-order chi connectivity index (χ0) is 12.7. The van der Waals surface area contributed by atoms with Gasteiger partial charge in [0.25, 0.3) is 5.56 Å². The molecule has 0 aromatic carbocycles. The minimum Gasteiger partial charge on any atom is -0.498 e. The summed E-state index contributed by atoms with van der Waals surface area (Å²) in [6.45, 7) is 1.50. The van der Waals surface area contributed by atoms with E-state index in [9.17, 15) is 9.59 Å². The maximum absolute atomic E-state index is 12.1. The molecule has 1 aliphatic rings. The third kappa shape index (κ3) is 2.03. The van der Waals surface area contributed by atoms with Crippen LogP contribution in [0.25, 0.3) is 0 Å². The summed E-state index contributed by atoms with van der Waals surface area (Å²) in [5.74, 6) is 0.566. The zero-order valence-electron chi connectivity index (χ0n) is 10.3. The quantitative estimate of drug-likeness (QED) is 0.523. The third-order valence-electron chi connectivity index (χ3n) is 2.85. The summed E-state index contributed by atoms with van der Waals surface area (Å²) >= 11 is 0. The molecule has 0 bridgehead atoms. The molecule has 0 fully saturated rings. The van der Waals surface area contributed by atoms with Gasteiger partial charge in [-0.15, -0.1) is 0 Å². The Labute approximate surface area is 120 Å². The Kier molecular flexibility index (Phi) is 4.44. The van der Waals surface area contributed by atoms with Gasteiger partial charge in [-0.3, -0.25) is 13.9 Å². The predicted octanol–water partition coefficient (Wildman–Crippen LogP) is -1.46. The van der Waals surface area contributed by atoms with Gasteiger partial charge < -0.3 is 14.9 Å². The number of aliphatic hydroxyl groups excluding tert-OH is 1. The van der Waals surface area contributed by atoms with Gasteiger partial charge in [-0.1, -0.05) is 0 Å². The smallest absolute Gasteiger partial charge is 0.498 e. The van der Waals surface area contributed by atoms with E-state index in [0.29, 0.717) is 11.5 Å². The van der Waals surface area contributed by atoms with Crippen LogP contribution in [0.5, 0.6) is 0 Å². The van der Waals surface area contributed by atoms with Gasteiger partial charge in [0, 0.05) is 7.05 Å². The Balaban J connectivity index is 0.00000162. The average Bonchev–Trinajstić information content (AvgIpc) is 2.57. The molecule has 1 aromatic rings. The van der Waals surface area contributed by atoms with Crippen molar-refractivity contribution in [2.45, 2.75) is 6.54 Å². The second kappa shape index (κ2) is 5.31. The molecular formula is C10H15AgN4O3. The molecule has 0 amide bonds. The number of hydrogen-bond donors (Lipinski definition) is 1. The van der Waals surface area contributed by atoms with Crippen LogP contribution in [0.2, 0.25) is 0 Å². The summed E-state index contributed by atoms with van der Waals surface area (Å²) in [7, 11) is 5.13. The van der Waals surface area contributed by atoms with E-state index in [2.05, 4.69) is 0 Å². The maximum Gasteiger partial charge on any atom is 1.00 e. The Bertz CT molecular complexity index is 565. The van der Waals surface area contributed by atoms with Gasteiger partial charge in [0.2, 0.25) is 0 Å². The van der Waals surface area contributed by atoms with Crippen molar-refractivity contribution in [1.82, 2.24) is 9.13 Å². The molecule has 0 radical (unpaired) electrons. The molecule has 0 spiro atoms. The van der Waals surface area contributed by atoms with E-state index in [-0.39, 0.29) is 41.1 Å². The first-order chi connectivity index (χ1) is 7.99. The minimum absolute atomic E-state index is 0. The van der Waals surface area contributed by atoms with Crippen molar-refractivity contribution in [3.8, 4) is 0 Å². The molecule has 0 unspecified atom stereocenters. The van der Waals surface area contributed by atoms with Gasteiger partial charge in [-0.25, -0.2) is 4.79 Å². The van der Waals surface area contributed by atoms with Crippen molar-refractivity contribution < 1.29 is 27.5 Å². The van der Waals surface area contributed by atoms with Crippen molar-refractivity contribution in [2.75, 3.05) is 30.5 Å². The van der Waals surface area contributed by atoms with E-state index in [0.717, 1.165) is 4.57 Å². The number of aliphatic hydroxyl groups is 1. The molecule has 0 saturated heterocycles. The fourth-order valence-corrected chi connectivity index (χ4v) is 2.12. The summed E-state index contributed by atoms with van der Waals surface area (Å²) in [5.41, 5.74) is -0.346. The topological polar surface area (TPSA) is 70.7 Å². The number of aromatic nitrogens is 2. The first kappa shape index (κ1) is 15.0. The van der Waals surface area contributed by atoms with Crippen LogP contribution in [0, 0.1) is 6.67 Å². The van der Waals surface area contributed by atoms with Crippen LogP contribution in [0.4, 0.5) is 11.5 Å². The van der Waals surface area contributed by atoms with Crippen molar-refractivity contribution in [2.24, 2.45) is 7.05 Å². The SMILES string of the molecule is CN1[CH-]N(C)c2c1c(=O)n(CCO)c(=O)n2C.[Ag+]. The summed E-state index contributed by atoms with van der Waals surface area (Å²) in [6.07, 6.45) is 0. The number of nitrogens with zero attached hydrogens (tertiary/aromatic N) is 4. The van der Waals surface area contributed by atoms with Crippen LogP contribution in [0.15, 0.2) is 9.59 Å². The monoisotopic (exact) mass is 346 g/mol. The number of anilines is 2. The second-order valence-corrected chi connectivity index (χ2v) is 4.03. The van der Waals surface area contributed by atoms with Gasteiger partial charge >= 0.3 is 28.1 Å².